The molecule has 8 heteroatoms. The fourth-order valence-corrected chi connectivity index (χ4v) is 3.91. The topological polar surface area (TPSA) is 80.3 Å². The number of nitrogens with zero attached hydrogens (tertiary/aromatic N) is 1. The molecule has 140 valence electrons. The van der Waals surface area contributed by atoms with Crippen molar-refractivity contribution in [1.29, 1.82) is 0 Å². The van der Waals surface area contributed by atoms with Gasteiger partial charge in [-0.2, -0.15) is 0 Å². The van der Waals surface area contributed by atoms with Gasteiger partial charge in [0.15, 0.2) is 0 Å². The van der Waals surface area contributed by atoms with Crippen molar-refractivity contribution in [2.24, 2.45) is 0 Å². The first-order valence-corrected chi connectivity index (χ1v) is 10.2. The highest BCUT2D eigenvalue weighted by Crippen LogP contribution is 2.24. The lowest BCUT2D eigenvalue weighted by Gasteiger charge is -2.07. The number of thiazole rings is 1. The molecule has 0 fully saturated rings. The standard InChI is InChI=1S/C19H19N3O3S2/c1-12-20-16-8-5-14(9-17(16)27-12)22-19(24)11-26-10-18(23)21-13-3-6-15(25-2)7-4-13/h3-9H,10-11H2,1-2H3,(H,21,23)(H,22,24). The maximum absolute atomic E-state index is 12.1. The van der Waals surface area contributed by atoms with Crippen LogP contribution in [0, 0.1) is 6.92 Å². The number of anilines is 2. The summed E-state index contributed by atoms with van der Waals surface area (Å²) in [6.07, 6.45) is 0. The van der Waals surface area contributed by atoms with E-state index in [0.717, 1.165) is 26.7 Å². The molecule has 0 unspecified atom stereocenters. The van der Waals surface area contributed by atoms with Crippen LogP contribution < -0.4 is 15.4 Å². The van der Waals surface area contributed by atoms with Gasteiger partial charge in [-0.25, -0.2) is 4.98 Å². The number of aryl methyl sites for hydroxylation is 1. The number of amides is 2. The second-order valence-corrected chi connectivity index (χ2v) is 7.95. The minimum Gasteiger partial charge on any atom is -0.497 e. The Labute approximate surface area is 165 Å². The molecule has 1 aromatic heterocycles. The highest BCUT2D eigenvalue weighted by Gasteiger charge is 2.08. The molecule has 1 heterocycles. The summed E-state index contributed by atoms with van der Waals surface area (Å²) in [5.74, 6) is 0.838. The van der Waals surface area contributed by atoms with E-state index in [1.54, 1.807) is 42.7 Å². The van der Waals surface area contributed by atoms with Gasteiger partial charge in [0.2, 0.25) is 11.8 Å². The van der Waals surface area contributed by atoms with Crippen LogP contribution in [0.5, 0.6) is 5.75 Å². The zero-order valence-electron chi connectivity index (χ0n) is 14.9. The van der Waals surface area contributed by atoms with Crippen LogP contribution in [-0.2, 0) is 9.59 Å². The third-order valence-electron chi connectivity index (χ3n) is 3.62. The molecule has 3 rings (SSSR count). The predicted molar refractivity (Wildman–Crippen MR) is 112 cm³/mol. The van der Waals surface area contributed by atoms with Gasteiger partial charge in [-0.15, -0.1) is 23.1 Å². The third kappa shape index (κ3) is 5.45. The summed E-state index contributed by atoms with van der Waals surface area (Å²) in [5.41, 5.74) is 2.36. The fourth-order valence-electron chi connectivity index (χ4n) is 2.42. The Hall–Kier alpha value is -2.58. The van der Waals surface area contributed by atoms with Gasteiger partial charge in [-0.3, -0.25) is 9.59 Å². The van der Waals surface area contributed by atoms with Crippen molar-refractivity contribution in [3.63, 3.8) is 0 Å². The van der Waals surface area contributed by atoms with Crippen molar-refractivity contribution >= 4 is 56.5 Å². The molecule has 0 spiro atoms. The number of fused-ring (bicyclic) bond motifs is 1. The Kier molecular flexibility index (Phi) is 6.31. The number of ether oxygens (including phenoxy) is 1. The summed E-state index contributed by atoms with van der Waals surface area (Å²) in [4.78, 5) is 28.4. The van der Waals surface area contributed by atoms with E-state index in [-0.39, 0.29) is 23.3 Å². The maximum Gasteiger partial charge on any atom is 0.234 e. The van der Waals surface area contributed by atoms with Gasteiger partial charge < -0.3 is 15.4 Å². The molecule has 27 heavy (non-hydrogen) atoms. The van der Waals surface area contributed by atoms with E-state index < -0.39 is 0 Å². The Morgan fingerprint density at radius 2 is 1.67 bits per heavy atom. The maximum atomic E-state index is 12.1. The summed E-state index contributed by atoms with van der Waals surface area (Å²) in [6.45, 7) is 1.95. The quantitative estimate of drug-likeness (QED) is 0.627. The minimum absolute atomic E-state index is 0.141. The van der Waals surface area contributed by atoms with E-state index in [9.17, 15) is 9.59 Å². The second-order valence-electron chi connectivity index (χ2n) is 5.73. The Balaban J connectivity index is 1.43. The van der Waals surface area contributed by atoms with Crippen LogP contribution in [0.4, 0.5) is 11.4 Å². The van der Waals surface area contributed by atoms with Crippen LogP contribution in [0.2, 0.25) is 0 Å². The van der Waals surface area contributed by atoms with Crippen molar-refractivity contribution in [3.05, 3.63) is 47.5 Å². The number of rotatable bonds is 7. The van der Waals surface area contributed by atoms with Crippen LogP contribution in [0.1, 0.15) is 5.01 Å². The van der Waals surface area contributed by atoms with Crippen LogP contribution >= 0.6 is 23.1 Å². The average molecular weight is 402 g/mol. The molecular weight excluding hydrogens is 382 g/mol. The predicted octanol–water partition coefficient (Wildman–Crippen LogP) is 3.92. The van der Waals surface area contributed by atoms with Crippen molar-refractivity contribution in [2.45, 2.75) is 6.92 Å². The van der Waals surface area contributed by atoms with Crippen molar-refractivity contribution in [2.75, 3.05) is 29.2 Å². The van der Waals surface area contributed by atoms with Gasteiger partial charge in [0.05, 0.1) is 33.8 Å². The smallest absolute Gasteiger partial charge is 0.234 e. The number of nitrogens with one attached hydrogen (secondary N) is 2. The minimum atomic E-state index is -0.153. The number of carbonyl (C=O) groups excluding carboxylic acids is 2. The molecule has 0 radical (unpaired) electrons. The number of benzene rings is 2. The summed E-state index contributed by atoms with van der Waals surface area (Å²) in [5, 5.41) is 6.63. The number of hydrogen-bond donors (Lipinski definition) is 2. The molecule has 0 saturated carbocycles. The lowest BCUT2D eigenvalue weighted by molar-refractivity contribution is -0.114. The molecule has 0 aliphatic carbocycles. The number of hydrogen-bond acceptors (Lipinski definition) is 6. The van der Waals surface area contributed by atoms with Gasteiger partial charge in [-0.05, 0) is 49.4 Å². The molecular formula is C19H19N3O3S2. The van der Waals surface area contributed by atoms with E-state index in [0.29, 0.717) is 5.69 Å². The van der Waals surface area contributed by atoms with Crippen LogP contribution in [0.3, 0.4) is 0 Å². The molecule has 0 atom stereocenters. The molecule has 0 saturated heterocycles. The molecule has 2 aromatic carbocycles. The number of methoxy groups -OCH3 is 1. The molecule has 0 aliphatic rings. The molecule has 0 aliphatic heterocycles. The molecule has 2 amide bonds. The van der Waals surface area contributed by atoms with Crippen LogP contribution in [-0.4, -0.2) is 35.4 Å². The zero-order valence-corrected chi connectivity index (χ0v) is 16.6. The van der Waals surface area contributed by atoms with Gasteiger partial charge >= 0.3 is 0 Å². The van der Waals surface area contributed by atoms with E-state index in [4.69, 9.17) is 4.74 Å². The first-order chi connectivity index (χ1) is 13.0. The summed E-state index contributed by atoms with van der Waals surface area (Å²) in [7, 11) is 1.59. The molecule has 0 bridgehead atoms. The average Bonchev–Trinajstić information content (AvgIpc) is 3.01. The van der Waals surface area contributed by atoms with E-state index >= 15 is 0 Å². The SMILES string of the molecule is COc1ccc(NC(=O)CSCC(=O)Nc2ccc3nc(C)sc3c2)cc1. The van der Waals surface area contributed by atoms with E-state index in [1.807, 2.05) is 25.1 Å². The Morgan fingerprint density at radius 1 is 1.04 bits per heavy atom. The second kappa shape index (κ2) is 8.88. The first kappa shape index (κ1) is 19.2. The monoisotopic (exact) mass is 401 g/mol. The Bertz CT molecular complexity index is 954. The number of carbonyl (C=O) groups is 2. The normalized spacial score (nSPS) is 10.6. The molecule has 2 N–H and O–H groups in total. The number of thioether (sulfide) groups is 1. The Morgan fingerprint density at radius 3 is 2.33 bits per heavy atom. The highest BCUT2D eigenvalue weighted by molar-refractivity contribution is 8.00. The van der Waals surface area contributed by atoms with E-state index in [2.05, 4.69) is 15.6 Å². The van der Waals surface area contributed by atoms with Crippen LogP contribution in [0.15, 0.2) is 42.5 Å². The lowest BCUT2D eigenvalue weighted by atomic mass is 10.3. The van der Waals surface area contributed by atoms with Crippen LogP contribution in [0.25, 0.3) is 10.2 Å². The zero-order chi connectivity index (χ0) is 19.2. The molecule has 6 nitrogen and oxygen atoms in total. The fraction of sp³-hybridized carbons (Fsp3) is 0.211. The number of aromatic nitrogens is 1. The van der Waals surface area contributed by atoms with Crippen molar-refractivity contribution in [1.82, 2.24) is 4.98 Å². The first-order valence-electron chi connectivity index (χ1n) is 8.22. The van der Waals surface area contributed by atoms with Crippen molar-refractivity contribution in [3.8, 4) is 5.75 Å². The van der Waals surface area contributed by atoms with E-state index in [1.165, 1.54) is 11.8 Å². The van der Waals surface area contributed by atoms with Gasteiger partial charge in [-0.1, -0.05) is 0 Å². The summed E-state index contributed by atoms with van der Waals surface area (Å²) < 4.78 is 6.11. The van der Waals surface area contributed by atoms with Gasteiger partial charge in [0.1, 0.15) is 5.75 Å². The summed E-state index contributed by atoms with van der Waals surface area (Å²) in [6, 6.07) is 12.7. The van der Waals surface area contributed by atoms with Gasteiger partial charge in [0, 0.05) is 11.4 Å². The van der Waals surface area contributed by atoms with Gasteiger partial charge in [0.25, 0.3) is 0 Å². The largest absolute Gasteiger partial charge is 0.497 e. The summed E-state index contributed by atoms with van der Waals surface area (Å²) >= 11 is 2.85. The van der Waals surface area contributed by atoms with Crippen molar-refractivity contribution < 1.29 is 14.3 Å². The highest BCUT2D eigenvalue weighted by atomic mass is 32.2. The third-order valence-corrected chi connectivity index (χ3v) is 5.49. The lowest BCUT2D eigenvalue weighted by Crippen LogP contribution is -2.18. The molecule has 3 aromatic rings.